The minimum absolute atomic E-state index is 0.0980. The van der Waals surface area contributed by atoms with E-state index in [-0.39, 0.29) is 5.91 Å². The van der Waals surface area contributed by atoms with E-state index in [0.717, 1.165) is 31.2 Å². The number of aryl methyl sites for hydroxylation is 1. The topological polar surface area (TPSA) is 45.2 Å². The first-order valence-electron chi connectivity index (χ1n) is 7.71. The number of hydrogen-bond donors (Lipinski definition) is 1. The van der Waals surface area contributed by atoms with Crippen molar-refractivity contribution in [2.75, 3.05) is 19.0 Å². The van der Waals surface area contributed by atoms with Crippen molar-refractivity contribution in [1.82, 2.24) is 10.3 Å². The number of nitrogens with zero attached hydrogens (tertiary/aromatic N) is 2. The monoisotopic (exact) mass is 391 g/mol. The normalized spacial score (nSPS) is 10.7. The van der Waals surface area contributed by atoms with E-state index in [1.807, 2.05) is 56.3 Å². The first-order chi connectivity index (χ1) is 11.9. The Bertz CT molecular complexity index is 901. The van der Waals surface area contributed by atoms with Crippen LogP contribution in [0.2, 0.25) is 4.34 Å². The van der Waals surface area contributed by atoms with E-state index in [1.165, 1.54) is 22.7 Å². The number of rotatable bonds is 5. The molecule has 0 aliphatic heterocycles. The Hall–Kier alpha value is -1.89. The Morgan fingerprint density at radius 2 is 2.04 bits per heavy atom. The van der Waals surface area contributed by atoms with Crippen molar-refractivity contribution in [3.63, 3.8) is 0 Å². The third kappa shape index (κ3) is 4.21. The number of hydrogen-bond acceptors (Lipinski definition) is 5. The highest BCUT2D eigenvalue weighted by atomic mass is 35.5. The van der Waals surface area contributed by atoms with E-state index < -0.39 is 0 Å². The quantitative estimate of drug-likeness (QED) is 0.677. The van der Waals surface area contributed by atoms with Crippen LogP contribution in [0.25, 0.3) is 9.88 Å². The molecular weight excluding hydrogens is 374 g/mol. The fourth-order valence-electron chi connectivity index (χ4n) is 2.35. The van der Waals surface area contributed by atoms with Crippen LogP contribution in [0.15, 0.2) is 36.4 Å². The van der Waals surface area contributed by atoms with E-state index in [4.69, 9.17) is 11.6 Å². The van der Waals surface area contributed by atoms with E-state index in [9.17, 15) is 4.79 Å². The highest BCUT2D eigenvalue weighted by Crippen LogP contribution is 2.34. The first kappa shape index (κ1) is 17.9. The fraction of sp³-hybridized carbons (Fsp3) is 0.222. The number of carbonyl (C=O) groups is 1. The van der Waals surface area contributed by atoms with Gasteiger partial charge in [0.05, 0.1) is 14.9 Å². The Kier molecular flexibility index (Phi) is 5.42. The lowest BCUT2D eigenvalue weighted by atomic mass is 10.2. The molecule has 0 fully saturated rings. The van der Waals surface area contributed by atoms with Gasteiger partial charge in [0.15, 0.2) is 0 Å². The minimum Gasteiger partial charge on any atom is -0.378 e. The molecule has 0 aliphatic carbocycles. The van der Waals surface area contributed by atoms with Crippen LogP contribution in [0.4, 0.5) is 5.69 Å². The largest absolute Gasteiger partial charge is 0.378 e. The van der Waals surface area contributed by atoms with Crippen molar-refractivity contribution < 1.29 is 4.79 Å². The molecule has 2 heterocycles. The summed E-state index contributed by atoms with van der Waals surface area (Å²) in [6.07, 6.45) is 0. The lowest BCUT2D eigenvalue weighted by molar-refractivity contribution is 0.0954. The van der Waals surface area contributed by atoms with Gasteiger partial charge in [-0.3, -0.25) is 4.79 Å². The maximum absolute atomic E-state index is 12.5. The smallest absolute Gasteiger partial charge is 0.263 e. The third-order valence-corrected chi connectivity index (χ3v) is 6.22. The van der Waals surface area contributed by atoms with Gasteiger partial charge in [-0.1, -0.05) is 23.7 Å². The molecule has 0 saturated carbocycles. The second-order valence-corrected chi connectivity index (χ2v) is 8.50. The van der Waals surface area contributed by atoms with Crippen molar-refractivity contribution >= 4 is 45.9 Å². The van der Waals surface area contributed by atoms with Crippen molar-refractivity contribution in [1.29, 1.82) is 0 Å². The average Bonchev–Trinajstić information content (AvgIpc) is 3.18. The van der Waals surface area contributed by atoms with Crippen LogP contribution < -0.4 is 10.2 Å². The number of thiazole rings is 1. The molecule has 0 saturated heterocycles. The lowest BCUT2D eigenvalue weighted by Gasteiger charge is -2.13. The van der Waals surface area contributed by atoms with Crippen LogP contribution in [-0.2, 0) is 6.54 Å². The highest BCUT2D eigenvalue weighted by Gasteiger charge is 2.17. The Labute approximate surface area is 160 Å². The molecule has 4 nitrogen and oxygen atoms in total. The molecule has 3 rings (SSSR count). The van der Waals surface area contributed by atoms with Crippen LogP contribution in [0.1, 0.15) is 20.9 Å². The highest BCUT2D eigenvalue weighted by molar-refractivity contribution is 7.24. The Balaban J connectivity index is 1.71. The molecule has 0 spiro atoms. The third-order valence-electron chi connectivity index (χ3n) is 3.67. The van der Waals surface area contributed by atoms with Crippen molar-refractivity contribution in [2.24, 2.45) is 0 Å². The van der Waals surface area contributed by atoms with Gasteiger partial charge in [-0.15, -0.1) is 22.7 Å². The summed E-state index contributed by atoms with van der Waals surface area (Å²) in [6.45, 7) is 2.34. The average molecular weight is 392 g/mol. The second-order valence-electron chi connectivity index (χ2n) is 5.78. The number of nitrogens with one attached hydrogen (secondary N) is 1. The second kappa shape index (κ2) is 7.56. The predicted molar refractivity (Wildman–Crippen MR) is 107 cm³/mol. The minimum atomic E-state index is -0.0980. The summed E-state index contributed by atoms with van der Waals surface area (Å²) in [5.41, 5.74) is 2.91. The van der Waals surface area contributed by atoms with Gasteiger partial charge < -0.3 is 10.2 Å². The zero-order chi connectivity index (χ0) is 18.0. The van der Waals surface area contributed by atoms with Crippen molar-refractivity contribution in [3.8, 4) is 9.88 Å². The Morgan fingerprint density at radius 1 is 1.24 bits per heavy atom. The molecule has 25 heavy (non-hydrogen) atoms. The number of halogens is 1. The molecule has 0 bridgehead atoms. The summed E-state index contributed by atoms with van der Waals surface area (Å²) in [7, 11) is 3.99. The molecule has 1 amide bonds. The molecule has 0 atom stereocenters. The first-order valence-corrected chi connectivity index (χ1v) is 9.72. The van der Waals surface area contributed by atoms with Gasteiger partial charge >= 0.3 is 0 Å². The maximum atomic E-state index is 12.5. The summed E-state index contributed by atoms with van der Waals surface area (Å²) in [4.78, 5) is 20.7. The van der Waals surface area contributed by atoms with Gasteiger partial charge in [-0.2, -0.15) is 0 Å². The summed E-state index contributed by atoms with van der Waals surface area (Å²) >= 11 is 8.85. The number of carbonyl (C=O) groups excluding carboxylic acids is 1. The molecular formula is C18H18ClN3OS2. The van der Waals surface area contributed by atoms with Crippen LogP contribution in [-0.4, -0.2) is 25.0 Å². The van der Waals surface area contributed by atoms with Crippen molar-refractivity contribution in [2.45, 2.75) is 13.5 Å². The van der Waals surface area contributed by atoms with Crippen LogP contribution in [0, 0.1) is 6.92 Å². The number of amides is 1. The zero-order valence-electron chi connectivity index (χ0n) is 14.2. The predicted octanol–water partition coefficient (Wildman–Crippen LogP) is 4.83. The van der Waals surface area contributed by atoms with E-state index in [2.05, 4.69) is 16.4 Å². The number of thiophene rings is 1. The summed E-state index contributed by atoms with van der Waals surface area (Å²) in [5, 5.41) is 3.81. The molecule has 130 valence electrons. The standard InChI is InChI=1S/C18H18ClN3OS2/c1-11-16(25-18(21-11)14-7-8-15(19)24-14)17(23)20-10-12-5-4-6-13(9-12)22(2)3/h4-9H,10H2,1-3H3,(H,20,23). The summed E-state index contributed by atoms with van der Waals surface area (Å²) in [6, 6.07) is 11.9. The van der Waals surface area contributed by atoms with Crippen LogP contribution in [0.3, 0.4) is 0 Å². The molecule has 0 aliphatic rings. The van der Waals surface area contributed by atoms with E-state index in [0.29, 0.717) is 11.4 Å². The molecule has 7 heteroatoms. The van der Waals surface area contributed by atoms with Gasteiger partial charge in [-0.25, -0.2) is 4.98 Å². The SMILES string of the molecule is Cc1nc(-c2ccc(Cl)s2)sc1C(=O)NCc1cccc(N(C)C)c1. The van der Waals surface area contributed by atoms with Crippen molar-refractivity contribution in [3.05, 3.63) is 56.9 Å². The number of aromatic nitrogens is 1. The van der Waals surface area contributed by atoms with Gasteiger partial charge in [0.1, 0.15) is 9.88 Å². The molecule has 1 aromatic carbocycles. The summed E-state index contributed by atoms with van der Waals surface area (Å²) in [5.74, 6) is -0.0980. The van der Waals surface area contributed by atoms with Crippen LogP contribution in [0.5, 0.6) is 0 Å². The Morgan fingerprint density at radius 3 is 2.72 bits per heavy atom. The number of benzene rings is 1. The van der Waals surface area contributed by atoms with E-state index in [1.54, 1.807) is 0 Å². The van der Waals surface area contributed by atoms with Gasteiger partial charge in [0, 0.05) is 26.3 Å². The van der Waals surface area contributed by atoms with E-state index >= 15 is 0 Å². The zero-order valence-corrected chi connectivity index (χ0v) is 16.6. The number of anilines is 1. The fourth-order valence-corrected chi connectivity index (χ4v) is 4.43. The molecule has 2 aromatic heterocycles. The molecule has 3 aromatic rings. The van der Waals surface area contributed by atoms with Gasteiger partial charge in [0.2, 0.25) is 0 Å². The maximum Gasteiger partial charge on any atom is 0.263 e. The molecule has 0 radical (unpaired) electrons. The molecule has 0 unspecified atom stereocenters. The van der Waals surface area contributed by atoms with Gasteiger partial charge in [-0.05, 0) is 36.8 Å². The molecule has 1 N–H and O–H groups in total. The lowest BCUT2D eigenvalue weighted by Crippen LogP contribution is -2.22. The van der Waals surface area contributed by atoms with Crippen LogP contribution >= 0.6 is 34.3 Å². The van der Waals surface area contributed by atoms with Gasteiger partial charge in [0.25, 0.3) is 5.91 Å². The summed E-state index contributed by atoms with van der Waals surface area (Å²) < 4.78 is 0.717.